The summed E-state index contributed by atoms with van der Waals surface area (Å²) < 4.78 is 1.15. The van der Waals surface area contributed by atoms with Gasteiger partial charge in [-0.25, -0.2) is 0 Å². The number of aryl methyl sites for hydroxylation is 1. The van der Waals surface area contributed by atoms with Crippen LogP contribution >= 0.6 is 15.9 Å². The van der Waals surface area contributed by atoms with Crippen LogP contribution in [0.1, 0.15) is 31.2 Å². The molecule has 0 bridgehead atoms. The zero-order valence-electron chi connectivity index (χ0n) is 11.3. The molecule has 1 saturated carbocycles. The molecule has 2 nitrogen and oxygen atoms in total. The van der Waals surface area contributed by atoms with Crippen LogP contribution in [0, 0.1) is 12.8 Å². The molecule has 1 fully saturated rings. The molecular formula is C15H23BrN2. The standard InChI is InChI=1S/C15H23BrN2/c1-11-3-6-13(16)9-15(11)18-10-12-4-7-14(17-2)8-5-12/h3,6,9,12,14,17-18H,4-5,7-8,10H2,1-2H3. The monoisotopic (exact) mass is 310 g/mol. The smallest absolute Gasteiger partial charge is 0.0381 e. The third-order valence-corrected chi connectivity index (χ3v) is 4.53. The van der Waals surface area contributed by atoms with Crippen molar-refractivity contribution in [3.8, 4) is 0 Å². The van der Waals surface area contributed by atoms with Gasteiger partial charge in [0.25, 0.3) is 0 Å². The Labute approximate surface area is 119 Å². The minimum absolute atomic E-state index is 0.744. The molecule has 0 atom stereocenters. The van der Waals surface area contributed by atoms with E-state index in [0.29, 0.717) is 0 Å². The van der Waals surface area contributed by atoms with Gasteiger partial charge < -0.3 is 10.6 Å². The van der Waals surface area contributed by atoms with Gasteiger partial charge in [0, 0.05) is 22.7 Å². The fourth-order valence-corrected chi connectivity index (χ4v) is 3.06. The van der Waals surface area contributed by atoms with Crippen LogP contribution in [0.5, 0.6) is 0 Å². The second-order valence-electron chi connectivity index (χ2n) is 5.35. The van der Waals surface area contributed by atoms with E-state index in [0.717, 1.165) is 23.0 Å². The number of rotatable bonds is 4. The lowest BCUT2D eigenvalue weighted by Gasteiger charge is -2.28. The SMILES string of the molecule is CNC1CCC(CNc2cc(Br)ccc2C)CC1. The van der Waals surface area contributed by atoms with Crippen LogP contribution in [0.25, 0.3) is 0 Å². The van der Waals surface area contributed by atoms with Gasteiger partial charge in [-0.15, -0.1) is 0 Å². The summed E-state index contributed by atoms with van der Waals surface area (Å²) >= 11 is 3.53. The van der Waals surface area contributed by atoms with Crippen molar-refractivity contribution >= 4 is 21.6 Å². The average Bonchev–Trinajstić information content (AvgIpc) is 2.40. The molecule has 2 rings (SSSR count). The fourth-order valence-electron chi connectivity index (χ4n) is 2.69. The lowest BCUT2D eigenvalue weighted by molar-refractivity contribution is 0.312. The van der Waals surface area contributed by atoms with Crippen molar-refractivity contribution in [2.24, 2.45) is 5.92 Å². The van der Waals surface area contributed by atoms with Crippen molar-refractivity contribution in [3.63, 3.8) is 0 Å². The Balaban J connectivity index is 1.83. The summed E-state index contributed by atoms with van der Waals surface area (Å²) in [6.45, 7) is 3.26. The number of nitrogens with one attached hydrogen (secondary N) is 2. The molecule has 0 aromatic heterocycles. The number of anilines is 1. The zero-order valence-corrected chi connectivity index (χ0v) is 12.9. The summed E-state index contributed by atoms with van der Waals surface area (Å²) in [6.07, 6.45) is 5.32. The minimum Gasteiger partial charge on any atom is -0.385 e. The highest BCUT2D eigenvalue weighted by Gasteiger charge is 2.19. The molecule has 0 unspecified atom stereocenters. The number of hydrogen-bond acceptors (Lipinski definition) is 2. The van der Waals surface area contributed by atoms with E-state index in [1.165, 1.54) is 36.9 Å². The lowest BCUT2D eigenvalue weighted by atomic mass is 9.86. The summed E-state index contributed by atoms with van der Waals surface area (Å²) in [5, 5.41) is 6.99. The molecule has 1 aliphatic carbocycles. The maximum atomic E-state index is 3.61. The highest BCUT2D eigenvalue weighted by Crippen LogP contribution is 2.26. The molecule has 0 aliphatic heterocycles. The number of hydrogen-bond donors (Lipinski definition) is 2. The molecule has 1 aromatic carbocycles. The molecule has 2 N–H and O–H groups in total. The van der Waals surface area contributed by atoms with Crippen LogP contribution in [0.2, 0.25) is 0 Å². The highest BCUT2D eigenvalue weighted by molar-refractivity contribution is 9.10. The Kier molecular flexibility index (Phi) is 5.07. The Morgan fingerprint density at radius 1 is 1.22 bits per heavy atom. The van der Waals surface area contributed by atoms with Gasteiger partial charge >= 0.3 is 0 Å². The van der Waals surface area contributed by atoms with Gasteiger partial charge in [-0.3, -0.25) is 0 Å². The molecule has 18 heavy (non-hydrogen) atoms. The van der Waals surface area contributed by atoms with E-state index < -0.39 is 0 Å². The van der Waals surface area contributed by atoms with E-state index in [4.69, 9.17) is 0 Å². The average molecular weight is 311 g/mol. The van der Waals surface area contributed by atoms with Crippen LogP contribution in [-0.2, 0) is 0 Å². The molecule has 1 aromatic rings. The van der Waals surface area contributed by atoms with Crippen molar-refractivity contribution in [2.45, 2.75) is 38.6 Å². The van der Waals surface area contributed by atoms with Crippen LogP contribution in [0.3, 0.4) is 0 Å². The van der Waals surface area contributed by atoms with Crippen molar-refractivity contribution in [1.82, 2.24) is 5.32 Å². The maximum Gasteiger partial charge on any atom is 0.0381 e. The Bertz CT molecular complexity index is 384. The van der Waals surface area contributed by atoms with Crippen molar-refractivity contribution in [3.05, 3.63) is 28.2 Å². The van der Waals surface area contributed by atoms with Gasteiger partial charge in [0.2, 0.25) is 0 Å². The zero-order chi connectivity index (χ0) is 13.0. The Hall–Kier alpha value is -0.540. The van der Waals surface area contributed by atoms with Gasteiger partial charge in [-0.2, -0.15) is 0 Å². The van der Waals surface area contributed by atoms with E-state index in [9.17, 15) is 0 Å². The Morgan fingerprint density at radius 2 is 1.94 bits per heavy atom. The predicted octanol–water partition coefficient (Wildman–Crippen LogP) is 3.95. The van der Waals surface area contributed by atoms with Gasteiger partial charge in [0.05, 0.1) is 0 Å². The molecule has 0 heterocycles. The van der Waals surface area contributed by atoms with E-state index in [1.807, 2.05) is 0 Å². The van der Waals surface area contributed by atoms with Crippen molar-refractivity contribution < 1.29 is 0 Å². The Morgan fingerprint density at radius 3 is 2.61 bits per heavy atom. The van der Waals surface area contributed by atoms with Crippen LogP contribution < -0.4 is 10.6 Å². The quantitative estimate of drug-likeness (QED) is 0.880. The summed E-state index contributed by atoms with van der Waals surface area (Å²) in [5.74, 6) is 0.827. The van der Waals surface area contributed by atoms with E-state index in [1.54, 1.807) is 0 Å². The van der Waals surface area contributed by atoms with E-state index in [2.05, 4.69) is 58.7 Å². The van der Waals surface area contributed by atoms with Crippen molar-refractivity contribution in [2.75, 3.05) is 18.9 Å². The topological polar surface area (TPSA) is 24.1 Å². The number of halogens is 1. The van der Waals surface area contributed by atoms with E-state index >= 15 is 0 Å². The van der Waals surface area contributed by atoms with Crippen LogP contribution in [-0.4, -0.2) is 19.6 Å². The third kappa shape index (κ3) is 3.72. The molecule has 1 aliphatic rings. The summed E-state index contributed by atoms with van der Waals surface area (Å²) in [6, 6.07) is 7.17. The number of benzene rings is 1. The van der Waals surface area contributed by atoms with Crippen molar-refractivity contribution in [1.29, 1.82) is 0 Å². The summed E-state index contributed by atoms with van der Waals surface area (Å²) in [7, 11) is 2.08. The highest BCUT2D eigenvalue weighted by atomic mass is 79.9. The molecule has 0 spiro atoms. The minimum atomic E-state index is 0.744. The van der Waals surface area contributed by atoms with Gasteiger partial charge in [0.1, 0.15) is 0 Å². The first-order chi connectivity index (χ1) is 8.69. The first-order valence-corrected chi connectivity index (χ1v) is 7.65. The molecule has 100 valence electrons. The first-order valence-electron chi connectivity index (χ1n) is 6.86. The summed E-state index contributed by atoms with van der Waals surface area (Å²) in [5.41, 5.74) is 2.59. The lowest BCUT2D eigenvalue weighted by Crippen LogP contribution is -2.32. The van der Waals surface area contributed by atoms with Gasteiger partial charge in [0.15, 0.2) is 0 Å². The second kappa shape index (κ2) is 6.58. The molecule has 0 amide bonds. The first kappa shape index (κ1) is 13.9. The summed E-state index contributed by atoms with van der Waals surface area (Å²) in [4.78, 5) is 0. The van der Waals surface area contributed by atoms with Gasteiger partial charge in [-0.05, 0) is 63.3 Å². The van der Waals surface area contributed by atoms with Gasteiger partial charge in [-0.1, -0.05) is 22.0 Å². The third-order valence-electron chi connectivity index (χ3n) is 4.04. The molecule has 3 heteroatoms. The molecule has 0 saturated heterocycles. The van der Waals surface area contributed by atoms with E-state index in [-0.39, 0.29) is 0 Å². The normalized spacial score (nSPS) is 23.9. The largest absolute Gasteiger partial charge is 0.385 e. The van der Waals surface area contributed by atoms with Crippen LogP contribution in [0.15, 0.2) is 22.7 Å². The second-order valence-corrected chi connectivity index (χ2v) is 6.26. The maximum absolute atomic E-state index is 3.61. The van der Waals surface area contributed by atoms with Crippen LogP contribution in [0.4, 0.5) is 5.69 Å². The predicted molar refractivity (Wildman–Crippen MR) is 82.2 cm³/mol. The molecule has 0 radical (unpaired) electrons. The fraction of sp³-hybridized carbons (Fsp3) is 0.600. The molecular weight excluding hydrogens is 288 g/mol.